The van der Waals surface area contributed by atoms with Crippen molar-refractivity contribution in [2.75, 3.05) is 19.8 Å². The molecule has 0 aliphatic heterocycles. The van der Waals surface area contributed by atoms with Crippen molar-refractivity contribution < 1.29 is 32.0 Å². The predicted octanol–water partition coefficient (Wildman–Crippen LogP) is 4.07. The molecular formula is C16H36O7S. The largest absolute Gasteiger partial charge is 0.453 e. The van der Waals surface area contributed by atoms with Gasteiger partial charge < -0.3 is 5.11 Å². The smallest absolute Gasteiger partial charge is 0.396 e. The van der Waals surface area contributed by atoms with E-state index in [4.69, 9.17) is 5.11 Å². The van der Waals surface area contributed by atoms with Crippen LogP contribution >= 0.6 is 0 Å². The van der Waals surface area contributed by atoms with Gasteiger partial charge in [-0.05, 0) is 20.3 Å². The molecule has 0 atom stereocenters. The Morgan fingerprint density at radius 2 is 1.04 bits per heavy atom. The van der Waals surface area contributed by atoms with Gasteiger partial charge in [-0.1, -0.05) is 73.4 Å². The second-order valence-electron chi connectivity index (χ2n) is 5.26. The summed E-state index contributed by atoms with van der Waals surface area (Å²) in [5, 5.41) is 8.57. The molecule has 8 heteroatoms. The highest BCUT2D eigenvalue weighted by Crippen LogP contribution is 2.10. The van der Waals surface area contributed by atoms with Crippen molar-refractivity contribution in [1.29, 1.82) is 0 Å². The van der Waals surface area contributed by atoms with Gasteiger partial charge in [-0.25, -0.2) is 9.78 Å². The fourth-order valence-electron chi connectivity index (χ4n) is 1.82. The number of aliphatic hydroxyl groups excluding tert-OH is 1. The minimum Gasteiger partial charge on any atom is -0.396 e. The Bertz CT molecular complexity index is 296. The quantitative estimate of drug-likeness (QED) is 0.248. The van der Waals surface area contributed by atoms with Crippen molar-refractivity contribution in [3.05, 3.63) is 0 Å². The van der Waals surface area contributed by atoms with Gasteiger partial charge in [0.2, 0.25) is 0 Å². The van der Waals surface area contributed by atoms with Crippen LogP contribution in [0.15, 0.2) is 0 Å². The average Bonchev–Trinajstić information content (AvgIpc) is 2.57. The second kappa shape index (κ2) is 20.8. The number of hydrogen-bond donors (Lipinski definition) is 1. The summed E-state index contributed by atoms with van der Waals surface area (Å²) >= 11 is 0. The van der Waals surface area contributed by atoms with Gasteiger partial charge in [0, 0.05) is 6.61 Å². The maximum Gasteiger partial charge on any atom is 0.453 e. The zero-order valence-corrected chi connectivity index (χ0v) is 16.3. The first kappa shape index (κ1) is 26.0. The van der Waals surface area contributed by atoms with Gasteiger partial charge in [-0.15, -0.1) is 0 Å². The molecule has 0 aromatic rings. The lowest BCUT2D eigenvalue weighted by atomic mass is 10.1. The van der Waals surface area contributed by atoms with E-state index in [9.17, 15) is 8.42 Å². The predicted molar refractivity (Wildman–Crippen MR) is 93.3 cm³/mol. The third-order valence-corrected chi connectivity index (χ3v) is 3.54. The van der Waals surface area contributed by atoms with Crippen molar-refractivity contribution in [2.45, 2.75) is 85.0 Å². The fraction of sp³-hybridized carbons (Fsp3) is 1.00. The molecule has 0 radical (unpaired) electrons. The summed E-state index contributed by atoms with van der Waals surface area (Å²) in [5.74, 6) is 0. The highest BCUT2D eigenvalue weighted by Gasteiger charge is 2.13. The molecule has 0 spiro atoms. The Morgan fingerprint density at radius 3 is 1.38 bits per heavy atom. The van der Waals surface area contributed by atoms with E-state index in [1.165, 1.54) is 57.8 Å². The number of hydrogen-bond acceptors (Lipinski definition) is 7. The first-order valence-electron chi connectivity index (χ1n) is 9.01. The van der Waals surface area contributed by atoms with Gasteiger partial charge in [0.1, 0.15) is 0 Å². The van der Waals surface area contributed by atoms with Crippen LogP contribution in [-0.2, 0) is 28.8 Å². The Morgan fingerprint density at radius 1 is 0.667 bits per heavy atom. The first-order valence-corrected chi connectivity index (χ1v) is 10.3. The Balaban J connectivity index is 0. The Kier molecular flexibility index (Phi) is 22.5. The van der Waals surface area contributed by atoms with Crippen molar-refractivity contribution in [3.8, 4) is 0 Å². The molecule has 0 fully saturated rings. The summed E-state index contributed by atoms with van der Waals surface area (Å²) in [7, 11) is -4.15. The van der Waals surface area contributed by atoms with Gasteiger partial charge in [-0.2, -0.15) is 8.42 Å². The van der Waals surface area contributed by atoms with Crippen LogP contribution in [-0.4, -0.2) is 33.3 Å². The van der Waals surface area contributed by atoms with Gasteiger partial charge in [0.15, 0.2) is 0 Å². The van der Waals surface area contributed by atoms with Crippen molar-refractivity contribution >= 4 is 10.4 Å². The summed E-state index contributed by atoms with van der Waals surface area (Å²) in [6.07, 6.45) is 13.3. The molecule has 0 rings (SSSR count). The van der Waals surface area contributed by atoms with Crippen LogP contribution in [0.2, 0.25) is 0 Å². The molecule has 148 valence electrons. The number of aliphatic hydroxyl groups is 1. The standard InChI is InChI=1S/C12H26O.C4H10O6S/c1-2-3-4-5-6-7-8-9-10-11-12-13;1-3-7-9-11(5,6)10-8-4-2/h13H,2-12H2,1H3;3-4H2,1-2H3. The molecule has 1 N–H and O–H groups in total. The Hall–Kier alpha value is -0.250. The monoisotopic (exact) mass is 372 g/mol. The molecule has 0 saturated carbocycles. The summed E-state index contributed by atoms with van der Waals surface area (Å²) in [4.78, 5) is 8.20. The fourth-order valence-corrected chi connectivity index (χ4v) is 2.28. The normalized spacial score (nSPS) is 11.2. The summed E-state index contributed by atoms with van der Waals surface area (Å²) in [6, 6.07) is 0. The molecule has 0 unspecified atom stereocenters. The van der Waals surface area contributed by atoms with Crippen molar-refractivity contribution in [1.82, 2.24) is 0 Å². The van der Waals surface area contributed by atoms with E-state index < -0.39 is 10.4 Å². The van der Waals surface area contributed by atoms with Crippen molar-refractivity contribution in [3.63, 3.8) is 0 Å². The number of rotatable bonds is 16. The maximum atomic E-state index is 10.5. The molecule has 0 amide bonds. The zero-order chi connectivity index (χ0) is 18.5. The summed E-state index contributed by atoms with van der Waals surface area (Å²) in [5.41, 5.74) is 0. The van der Waals surface area contributed by atoms with Crippen LogP contribution in [0.25, 0.3) is 0 Å². The molecule has 0 bridgehead atoms. The topological polar surface area (TPSA) is 91.3 Å². The second-order valence-corrected chi connectivity index (χ2v) is 6.35. The van der Waals surface area contributed by atoms with Gasteiger partial charge in [-0.3, -0.25) is 0 Å². The zero-order valence-electron chi connectivity index (χ0n) is 15.5. The molecule has 0 heterocycles. The lowest BCUT2D eigenvalue weighted by molar-refractivity contribution is -0.254. The average molecular weight is 373 g/mol. The highest BCUT2D eigenvalue weighted by molar-refractivity contribution is 7.81. The van der Waals surface area contributed by atoms with E-state index in [0.29, 0.717) is 6.61 Å². The van der Waals surface area contributed by atoms with E-state index >= 15 is 0 Å². The summed E-state index contributed by atoms with van der Waals surface area (Å²) < 4.78 is 28.5. The van der Waals surface area contributed by atoms with E-state index in [0.717, 1.165) is 6.42 Å². The molecule has 0 saturated heterocycles. The van der Waals surface area contributed by atoms with Crippen molar-refractivity contribution in [2.24, 2.45) is 0 Å². The van der Waals surface area contributed by atoms with Crippen LogP contribution in [0.3, 0.4) is 0 Å². The molecule has 24 heavy (non-hydrogen) atoms. The first-order chi connectivity index (χ1) is 11.5. The molecule has 0 aliphatic rings. The summed E-state index contributed by atoms with van der Waals surface area (Å²) in [6.45, 7) is 5.97. The number of unbranched alkanes of at least 4 members (excludes halogenated alkanes) is 9. The minimum atomic E-state index is -4.15. The van der Waals surface area contributed by atoms with Crippen LogP contribution in [0.1, 0.15) is 85.0 Å². The van der Waals surface area contributed by atoms with Gasteiger partial charge in [0.25, 0.3) is 0 Å². The third kappa shape index (κ3) is 24.0. The van der Waals surface area contributed by atoms with E-state index in [2.05, 4.69) is 25.4 Å². The molecule has 7 nitrogen and oxygen atoms in total. The molecule has 0 aromatic heterocycles. The minimum absolute atomic E-state index is 0.106. The Labute approximate surface area is 147 Å². The van der Waals surface area contributed by atoms with Crippen LogP contribution in [0.4, 0.5) is 0 Å². The lowest BCUT2D eigenvalue weighted by Crippen LogP contribution is -2.11. The van der Waals surface area contributed by atoms with Gasteiger partial charge >= 0.3 is 10.4 Å². The highest BCUT2D eigenvalue weighted by atomic mass is 32.3. The van der Waals surface area contributed by atoms with Crippen LogP contribution in [0, 0.1) is 0 Å². The van der Waals surface area contributed by atoms with Crippen LogP contribution < -0.4 is 0 Å². The molecule has 0 aliphatic carbocycles. The SMILES string of the molecule is CCCCCCCCCCCCO.CCOOS(=O)(=O)OOCC. The van der Waals surface area contributed by atoms with Gasteiger partial charge in [0.05, 0.1) is 13.2 Å². The third-order valence-electron chi connectivity index (χ3n) is 3.01. The van der Waals surface area contributed by atoms with E-state index in [1.807, 2.05) is 0 Å². The lowest BCUT2D eigenvalue weighted by Gasteiger charge is -2.00. The van der Waals surface area contributed by atoms with E-state index in [-0.39, 0.29) is 13.2 Å². The van der Waals surface area contributed by atoms with E-state index in [1.54, 1.807) is 13.8 Å². The van der Waals surface area contributed by atoms with Crippen LogP contribution in [0.5, 0.6) is 0 Å². The molecular weight excluding hydrogens is 336 g/mol. The maximum absolute atomic E-state index is 10.5. The molecule has 0 aromatic carbocycles.